The highest BCUT2D eigenvalue weighted by Crippen LogP contribution is 2.54. The molecule has 1 N–H and O–H groups in total. The molecule has 0 heterocycles. The molecule has 3 rings (SSSR count). The molecule has 0 radical (unpaired) electrons. The van der Waals surface area contributed by atoms with Crippen molar-refractivity contribution in [3.05, 3.63) is 69.9 Å². The Balaban J connectivity index is 1.83. The first-order valence-corrected chi connectivity index (χ1v) is 8.23. The number of hydrogen-bond acceptors (Lipinski definition) is 1. The summed E-state index contributed by atoms with van der Waals surface area (Å²) in [4.78, 5) is 0. The van der Waals surface area contributed by atoms with Gasteiger partial charge in [-0.15, -0.1) is 0 Å². The Morgan fingerprint density at radius 1 is 1.24 bits per heavy atom. The number of halogens is 2. The fourth-order valence-corrected chi connectivity index (χ4v) is 3.47. The molecule has 2 aromatic carbocycles. The number of rotatable bonds is 5. The van der Waals surface area contributed by atoms with Gasteiger partial charge in [0.2, 0.25) is 0 Å². The van der Waals surface area contributed by atoms with E-state index in [-0.39, 0.29) is 11.9 Å². The van der Waals surface area contributed by atoms with Gasteiger partial charge < -0.3 is 5.32 Å². The van der Waals surface area contributed by atoms with Gasteiger partial charge in [0.25, 0.3) is 0 Å². The molecule has 0 aromatic heterocycles. The fraction of sp³-hybridized carbons (Fsp3) is 0.333. The summed E-state index contributed by atoms with van der Waals surface area (Å²) >= 11 is 3.33. The van der Waals surface area contributed by atoms with Crippen molar-refractivity contribution in [3.8, 4) is 0 Å². The fourth-order valence-electron chi connectivity index (χ4n) is 3.13. The van der Waals surface area contributed by atoms with Crippen molar-refractivity contribution in [3.63, 3.8) is 0 Å². The van der Waals surface area contributed by atoms with Crippen LogP contribution in [0.25, 0.3) is 0 Å². The van der Waals surface area contributed by atoms with Crippen LogP contribution in [0.15, 0.2) is 53.0 Å². The van der Waals surface area contributed by atoms with Crippen molar-refractivity contribution in [1.82, 2.24) is 5.32 Å². The highest BCUT2D eigenvalue weighted by atomic mass is 79.9. The SMILES string of the molecule is CCNC(c1ccc(Br)cc1F)C1CC1c1ccccc1. The van der Waals surface area contributed by atoms with Crippen LogP contribution < -0.4 is 5.32 Å². The third kappa shape index (κ3) is 3.19. The van der Waals surface area contributed by atoms with Crippen LogP contribution in [-0.4, -0.2) is 6.54 Å². The molecule has 0 bridgehead atoms. The molecule has 110 valence electrons. The van der Waals surface area contributed by atoms with E-state index >= 15 is 0 Å². The molecule has 1 aliphatic rings. The van der Waals surface area contributed by atoms with Crippen LogP contribution in [0, 0.1) is 11.7 Å². The van der Waals surface area contributed by atoms with Crippen LogP contribution in [0.3, 0.4) is 0 Å². The Bertz CT molecular complexity index is 614. The maximum Gasteiger partial charge on any atom is 0.129 e. The molecule has 2 aromatic rings. The predicted molar refractivity (Wildman–Crippen MR) is 87.8 cm³/mol. The van der Waals surface area contributed by atoms with E-state index in [1.807, 2.05) is 18.2 Å². The minimum absolute atomic E-state index is 0.0910. The topological polar surface area (TPSA) is 12.0 Å². The molecule has 0 saturated heterocycles. The van der Waals surface area contributed by atoms with Gasteiger partial charge in [0.1, 0.15) is 5.82 Å². The minimum atomic E-state index is -0.131. The standard InChI is InChI=1S/C18H19BrFN/c1-2-21-18(14-9-8-13(19)10-17(14)20)16-11-15(16)12-6-4-3-5-7-12/h3-10,15-16,18,21H,2,11H2,1H3. The highest BCUT2D eigenvalue weighted by Gasteiger charge is 2.44. The Morgan fingerprint density at radius 3 is 2.67 bits per heavy atom. The lowest BCUT2D eigenvalue weighted by Crippen LogP contribution is -2.24. The van der Waals surface area contributed by atoms with Crippen molar-refractivity contribution in [1.29, 1.82) is 0 Å². The molecule has 3 atom stereocenters. The molecule has 3 heteroatoms. The van der Waals surface area contributed by atoms with Crippen molar-refractivity contribution in [2.24, 2.45) is 5.92 Å². The summed E-state index contributed by atoms with van der Waals surface area (Å²) in [7, 11) is 0. The molecule has 0 amide bonds. The molecule has 1 nitrogen and oxygen atoms in total. The third-order valence-corrected chi connectivity index (χ3v) is 4.71. The van der Waals surface area contributed by atoms with Gasteiger partial charge >= 0.3 is 0 Å². The maximum atomic E-state index is 14.3. The lowest BCUT2D eigenvalue weighted by Gasteiger charge is -2.19. The van der Waals surface area contributed by atoms with Crippen LogP contribution in [0.5, 0.6) is 0 Å². The lowest BCUT2D eigenvalue weighted by molar-refractivity contribution is 0.461. The Labute approximate surface area is 133 Å². The van der Waals surface area contributed by atoms with E-state index in [0.717, 1.165) is 23.0 Å². The largest absolute Gasteiger partial charge is 0.310 e. The molecule has 21 heavy (non-hydrogen) atoms. The molecule has 1 saturated carbocycles. The van der Waals surface area contributed by atoms with Crippen molar-refractivity contribution < 1.29 is 4.39 Å². The smallest absolute Gasteiger partial charge is 0.129 e. The van der Waals surface area contributed by atoms with Gasteiger partial charge in [-0.1, -0.05) is 59.3 Å². The van der Waals surface area contributed by atoms with E-state index in [4.69, 9.17) is 0 Å². The number of nitrogens with one attached hydrogen (secondary N) is 1. The second kappa shape index (κ2) is 6.29. The summed E-state index contributed by atoms with van der Waals surface area (Å²) < 4.78 is 15.1. The second-order valence-electron chi connectivity index (χ2n) is 5.62. The quantitative estimate of drug-likeness (QED) is 0.798. The van der Waals surface area contributed by atoms with Crippen LogP contribution in [0.1, 0.15) is 36.4 Å². The van der Waals surface area contributed by atoms with Crippen LogP contribution in [0.2, 0.25) is 0 Å². The van der Waals surface area contributed by atoms with Gasteiger partial charge in [0, 0.05) is 16.1 Å². The zero-order valence-electron chi connectivity index (χ0n) is 12.0. The van der Waals surface area contributed by atoms with E-state index < -0.39 is 0 Å². The van der Waals surface area contributed by atoms with Gasteiger partial charge in [-0.3, -0.25) is 0 Å². The molecule has 0 spiro atoms. The van der Waals surface area contributed by atoms with Gasteiger partial charge in [-0.25, -0.2) is 4.39 Å². The Kier molecular flexibility index (Phi) is 4.41. The van der Waals surface area contributed by atoms with Crippen molar-refractivity contribution >= 4 is 15.9 Å². The maximum absolute atomic E-state index is 14.3. The molecule has 3 unspecified atom stereocenters. The summed E-state index contributed by atoms with van der Waals surface area (Å²) in [5.74, 6) is 0.885. The number of hydrogen-bond donors (Lipinski definition) is 1. The van der Waals surface area contributed by atoms with Gasteiger partial charge in [0.15, 0.2) is 0 Å². The van der Waals surface area contributed by atoms with E-state index in [1.54, 1.807) is 6.07 Å². The summed E-state index contributed by atoms with van der Waals surface area (Å²) in [5.41, 5.74) is 2.14. The van der Waals surface area contributed by atoms with Gasteiger partial charge in [-0.05, 0) is 42.5 Å². The molecule has 1 aliphatic carbocycles. The third-order valence-electron chi connectivity index (χ3n) is 4.22. The average Bonchev–Trinajstić information content (AvgIpc) is 3.27. The first-order chi connectivity index (χ1) is 10.2. The van der Waals surface area contributed by atoms with E-state index in [1.165, 1.54) is 5.56 Å². The van der Waals surface area contributed by atoms with Crippen LogP contribution in [0.4, 0.5) is 4.39 Å². The molecule has 1 fully saturated rings. The molecule has 0 aliphatic heterocycles. The Hall–Kier alpha value is -1.19. The lowest BCUT2D eigenvalue weighted by atomic mass is 9.98. The second-order valence-corrected chi connectivity index (χ2v) is 6.53. The van der Waals surface area contributed by atoms with Crippen molar-refractivity contribution in [2.45, 2.75) is 25.3 Å². The van der Waals surface area contributed by atoms with Gasteiger partial charge in [0.05, 0.1) is 0 Å². The van der Waals surface area contributed by atoms with Crippen LogP contribution >= 0.6 is 15.9 Å². The van der Waals surface area contributed by atoms with E-state index in [0.29, 0.717) is 11.8 Å². The first-order valence-electron chi connectivity index (χ1n) is 7.44. The van der Waals surface area contributed by atoms with E-state index in [9.17, 15) is 4.39 Å². The predicted octanol–water partition coefficient (Wildman–Crippen LogP) is 5.04. The monoisotopic (exact) mass is 347 g/mol. The number of benzene rings is 2. The van der Waals surface area contributed by atoms with Crippen molar-refractivity contribution in [2.75, 3.05) is 6.54 Å². The molecular weight excluding hydrogens is 329 g/mol. The normalized spacial score (nSPS) is 22.0. The summed E-state index contributed by atoms with van der Waals surface area (Å²) in [5, 5.41) is 3.47. The Morgan fingerprint density at radius 2 is 2.00 bits per heavy atom. The zero-order chi connectivity index (χ0) is 14.8. The van der Waals surface area contributed by atoms with E-state index in [2.05, 4.69) is 52.4 Å². The van der Waals surface area contributed by atoms with Gasteiger partial charge in [-0.2, -0.15) is 0 Å². The highest BCUT2D eigenvalue weighted by molar-refractivity contribution is 9.10. The summed E-state index contributed by atoms with van der Waals surface area (Å²) in [6.07, 6.45) is 1.12. The first kappa shape index (κ1) is 14.7. The zero-order valence-corrected chi connectivity index (χ0v) is 13.6. The molecular formula is C18H19BrFN. The summed E-state index contributed by atoms with van der Waals surface area (Å²) in [6, 6.07) is 16.0. The van der Waals surface area contributed by atoms with Crippen LogP contribution in [-0.2, 0) is 0 Å². The average molecular weight is 348 g/mol. The summed E-state index contributed by atoms with van der Waals surface area (Å²) in [6.45, 7) is 2.92. The minimum Gasteiger partial charge on any atom is -0.310 e.